The smallest absolute Gasteiger partial charge is 0.270 e. The van der Waals surface area contributed by atoms with Crippen LogP contribution in [0.1, 0.15) is 12.5 Å². The minimum atomic E-state index is 0.631. The molecule has 2 aromatic rings. The van der Waals surface area contributed by atoms with Crippen molar-refractivity contribution in [3.05, 3.63) is 35.9 Å². The first kappa shape index (κ1) is 14.3. The summed E-state index contributed by atoms with van der Waals surface area (Å²) in [6.07, 6.45) is 0. The number of ether oxygens (including phenoxy) is 1. The Morgan fingerprint density at radius 2 is 1.86 bits per heavy atom. The van der Waals surface area contributed by atoms with Crippen molar-refractivity contribution >= 4 is 17.5 Å². The van der Waals surface area contributed by atoms with E-state index < -0.39 is 0 Å². The van der Waals surface area contributed by atoms with Crippen LogP contribution in [0.2, 0.25) is 0 Å². The Kier molecular flexibility index (Phi) is 4.67. The average molecular weight is 304 g/mol. The molecule has 0 atom stereocenters. The molecule has 0 aliphatic carbocycles. The summed E-state index contributed by atoms with van der Waals surface area (Å²) in [6, 6.07) is 10.6. The van der Waals surface area contributed by atoms with Crippen LogP contribution >= 0.6 is 11.7 Å². The van der Waals surface area contributed by atoms with Crippen molar-refractivity contribution in [1.29, 1.82) is 0 Å². The van der Waals surface area contributed by atoms with Gasteiger partial charge < -0.3 is 9.64 Å². The van der Waals surface area contributed by atoms with Crippen LogP contribution in [0, 0.1) is 0 Å². The fourth-order valence-corrected chi connectivity index (χ4v) is 3.08. The highest BCUT2D eigenvalue weighted by atomic mass is 32.1. The molecule has 0 amide bonds. The van der Waals surface area contributed by atoms with E-state index in [-0.39, 0.29) is 0 Å². The minimum absolute atomic E-state index is 0.631. The molecular formula is C15H20N4OS. The third-order valence-corrected chi connectivity index (χ3v) is 4.15. The number of piperazine rings is 1. The van der Waals surface area contributed by atoms with Crippen molar-refractivity contribution in [2.24, 2.45) is 0 Å². The Bertz CT molecular complexity index is 552. The number of rotatable bonds is 5. The van der Waals surface area contributed by atoms with Crippen LogP contribution in [-0.2, 0) is 6.54 Å². The Labute approximate surface area is 129 Å². The third-order valence-electron chi connectivity index (χ3n) is 3.64. The lowest BCUT2D eigenvalue weighted by Crippen LogP contribution is -2.46. The standard InChI is InChI=1S/C15H20N4OS/c1-2-20-15-14(16-21-17-15)19-10-8-18(9-11-19)12-13-6-4-3-5-7-13/h3-7H,2,8-12H2,1H3. The average Bonchev–Trinajstić information content (AvgIpc) is 2.98. The number of hydrogen-bond donors (Lipinski definition) is 0. The van der Waals surface area contributed by atoms with Gasteiger partial charge in [0.25, 0.3) is 5.88 Å². The largest absolute Gasteiger partial charge is 0.475 e. The molecule has 5 nitrogen and oxygen atoms in total. The molecule has 2 heterocycles. The molecule has 0 unspecified atom stereocenters. The van der Waals surface area contributed by atoms with Crippen molar-refractivity contribution in [3.63, 3.8) is 0 Å². The summed E-state index contributed by atoms with van der Waals surface area (Å²) in [5.41, 5.74) is 1.37. The maximum Gasteiger partial charge on any atom is 0.270 e. The lowest BCUT2D eigenvalue weighted by atomic mass is 10.2. The molecule has 6 heteroatoms. The predicted octanol–water partition coefficient (Wildman–Crippen LogP) is 2.26. The molecule has 21 heavy (non-hydrogen) atoms. The van der Waals surface area contributed by atoms with Gasteiger partial charge in [-0.1, -0.05) is 30.3 Å². The zero-order chi connectivity index (χ0) is 14.5. The van der Waals surface area contributed by atoms with Gasteiger partial charge in [0.05, 0.1) is 18.3 Å². The van der Waals surface area contributed by atoms with Crippen LogP contribution in [0.15, 0.2) is 30.3 Å². The van der Waals surface area contributed by atoms with Gasteiger partial charge in [-0.05, 0) is 12.5 Å². The molecule has 0 saturated carbocycles. The minimum Gasteiger partial charge on any atom is -0.475 e. The van der Waals surface area contributed by atoms with Crippen LogP contribution in [0.25, 0.3) is 0 Å². The monoisotopic (exact) mass is 304 g/mol. The number of anilines is 1. The van der Waals surface area contributed by atoms with E-state index in [1.165, 1.54) is 17.3 Å². The zero-order valence-corrected chi connectivity index (χ0v) is 13.1. The Hall–Kier alpha value is -1.66. The van der Waals surface area contributed by atoms with E-state index in [0.29, 0.717) is 12.5 Å². The second-order valence-electron chi connectivity index (χ2n) is 5.07. The van der Waals surface area contributed by atoms with Gasteiger partial charge in [0, 0.05) is 32.7 Å². The fraction of sp³-hybridized carbons (Fsp3) is 0.467. The van der Waals surface area contributed by atoms with Crippen molar-refractivity contribution in [2.45, 2.75) is 13.5 Å². The van der Waals surface area contributed by atoms with Gasteiger partial charge in [0.2, 0.25) is 5.82 Å². The van der Waals surface area contributed by atoms with E-state index in [0.717, 1.165) is 38.5 Å². The summed E-state index contributed by atoms with van der Waals surface area (Å²) < 4.78 is 14.1. The van der Waals surface area contributed by atoms with Gasteiger partial charge in [-0.15, -0.1) is 4.37 Å². The van der Waals surface area contributed by atoms with Crippen LogP contribution in [0.5, 0.6) is 5.88 Å². The SMILES string of the molecule is CCOc1nsnc1N1CCN(Cc2ccccc2)CC1. The second-order valence-corrected chi connectivity index (χ2v) is 5.60. The molecule has 0 N–H and O–H groups in total. The van der Waals surface area contributed by atoms with Gasteiger partial charge in [-0.25, -0.2) is 0 Å². The van der Waals surface area contributed by atoms with Gasteiger partial charge >= 0.3 is 0 Å². The van der Waals surface area contributed by atoms with E-state index in [4.69, 9.17) is 4.74 Å². The van der Waals surface area contributed by atoms with Gasteiger partial charge in [0.1, 0.15) is 0 Å². The van der Waals surface area contributed by atoms with Crippen molar-refractivity contribution in [3.8, 4) is 5.88 Å². The van der Waals surface area contributed by atoms with Gasteiger partial charge in [-0.2, -0.15) is 4.37 Å². The molecule has 1 aromatic heterocycles. The third kappa shape index (κ3) is 3.51. The Morgan fingerprint density at radius 1 is 1.10 bits per heavy atom. The van der Waals surface area contributed by atoms with Crippen LogP contribution in [0.3, 0.4) is 0 Å². The van der Waals surface area contributed by atoms with Crippen LogP contribution in [0.4, 0.5) is 5.82 Å². The molecule has 3 rings (SSSR count). The first-order valence-electron chi connectivity index (χ1n) is 7.33. The maximum absolute atomic E-state index is 5.53. The van der Waals surface area contributed by atoms with E-state index in [9.17, 15) is 0 Å². The summed E-state index contributed by atoms with van der Waals surface area (Å²) in [5.74, 6) is 1.58. The summed E-state index contributed by atoms with van der Waals surface area (Å²) >= 11 is 1.22. The molecular weight excluding hydrogens is 284 g/mol. The zero-order valence-electron chi connectivity index (χ0n) is 12.2. The molecule has 1 fully saturated rings. The highest BCUT2D eigenvalue weighted by molar-refractivity contribution is 6.99. The quantitative estimate of drug-likeness (QED) is 0.847. The number of nitrogens with zero attached hydrogens (tertiary/aromatic N) is 4. The van der Waals surface area contributed by atoms with Crippen LogP contribution in [-0.4, -0.2) is 46.4 Å². The summed E-state index contributed by atoms with van der Waals surface area (Å²) in [5, 5.41) is 0. The summed E-state index contributed by atoms with van der Waals surface area (Å²) in [7, 11) is 0. The molecule has 112 valence electrons. The molecule has 1 aliphatic rings. The first-order chi connectivity index (χ1) is 10.4. The maximum atomic E-state index is 5.53. The highest BCUT2D eigenvalue weighted by Gasteiger charge is 2.22. The van der Waals surface area contributed by atoms with E-state index in [2.05, 4.69) is 48.9 Å². The Balaban J connectivity index is 1.56. The Morgan fingerprint density at radius 3 is 2.57 bits per heavy atom. The van der Waals surface area contributed by atoms with E-state index >= 15 is 0 Å². The topological polar surface area (TPSA) is 41.5 Å². The lowest BCUT2D eigenvalue weighted by molar-refractivity contribution is 0.248. The van der Waals surface area contributed by atoms with E-state index in [1.54, 1.807) is 0 Å². The van der Waals surface area contributed by atoms with Crippen molar-refractivity contribution in [2.75, 3.05) is 37.7 Å². The number of aromatic nitrogens is 2. The number of hydrogen-bond acceptors (Lipinski definition) is 6. The number of benzene rings is 1. The normalized spacial score (nSPS) is 16.1. The molecule has 1 aliphatic heterocycles. The van der Waals surface area contributed by atoms with Crippen molar-refractivity contribution < 1.29 is 4.74 Å². The predicted molar refractivity (Wildman–Crippen MR) is 85.0 cm³/mol. The molecule has 1 saturated heterocycles. The highest BCUT2D eigenvalue weighted by Crippen LogP contribution is 2.26. The first-order valence-corrected chi connectivity index (χ1v) is 8.06. The fourth-order valence-electron chi connectivity index (χ4n) is 2.56. The van der Waals surface area contributed by atoms with Gasteiger partial charge in [-0.3, -0.25) is 4.90 Å². The summed E-state index contributed by atoms with van der Waals surface area (Å²) in [4.78, 5) is 4.75. The molecule has 0 radical (unpaired) electrons. The second kappa shape index (κ2) is 6.87. The molecule has 1 aromatic carbocycles. The lowest BCUT2D eigenvalue weighted by Gasteiger charge is -2.34. The molecule has 0 bridgehead atoms. The summed E-state index contributed by atoms with van der Waals surface area (Å²) in [6.45, 7) is 7.64. The van der Waals surface area contributed by atoms with Crippen LogP contribution < -0.4 is 9.64 Å². The van der Waals surface area contributed by atoms with Crippen molar-refractivity contribution in [1.82, 2.24) is 13.6 Å². The molecule has 0 spiro atoms. The van der Waals surface area contributed by atoms with Gasteiger partial charge in [0.15, 0.2) is 0 Å². The van der Waals surface area contributed by atoms with E-state index in [1.807, 2.05) is 6.92 Å².